The highest BCUT2D eigenvalue weighted by molar-refractivity contribution is 5.92. The minimum Gasteiger partial charge on any atom is -0.496 e. The molecule has 6 heteroatoms. The van der Waals surface area contributed by atoms with Crippen molar-refractivity contribution in [3.8, 4) is 5.75 Å². The maximum absolute atomic E-state index is 11.1. The highest BCUT2D eigenvalue weighted by atomic mass is 16.5. The Labute approximate surface area is 136 Å². The van der Waals surface area contributed by atoms with Gasteiger partial charge in [-0.25, -0.2) is 0 Å². The molecule has 1 heterocycles. The number of nitrogens with zero attached hydrogens (tertiary/aromatic N) is 1. The molecule has 2 amide bonds. The van der Waals surface area contributed by atoms with E-state index in [-0.39, 0.29) is 11.8 Å². The summed E-state index contributed by atoms with van der Waals surface area (Å²) in [6.45, 7) is 0. The van der Waals surface area contributed by atoms with E-state index in [0.717, 1.165) is 11.3 Å². The first-order valence-electron chi connectivity index (χ1n) is 7.19. The summed E-state index contributed by atoms with van der Waals surface area (Å²) in [6, 6.07) is 11.1. The van der Waals surface area contributed by atoms with Crippen molar-refractivity contribution in [3.05, 3.63) is 53.9 Å². The van der Waals surface area contributed by atoms with Crippen LogP contribution in [0.25, 0.3) is 0 Å². The normalized spacial score (nSPS) is 9.39. The molecular formula is C17H23N3O3. The number of para-hydroxylation sites is 1. The van der Waals surface area contributed by atoms with Gasteiger partial charge in [-0.1, -0.05) is 18.2 Å². The second-order valence-corrected chi connectivity index (χ2v) is 4.75. The first-order chi connectivity index (χ1) is 11.0. The lowest BCUT2D eigenvalue weighted by Crippen LogP contribution is -2.20. The van der Waals surface area contributed by atoms with E-state index in [1.165, 1.54) is 0 Å². The minimum atomic E-state index is -0.0486. The first-order valence-corrected chi connectivity index (χ1v) is 7.19. The number of methoxy groups -OCH3 is 1. The van der Waals surface area contributed by atoms with Crippen LogP contribution in [0.3, 0.4) is 0 Å². The summed E-state index contributed by atoms with van der Waals surface area (Å²) in [6.07, 6.45) is 2.20. The van der Waals surface area contributed by atoms with E-state index in [4.69, 9.17) is 4.74 Å². The number of carbonyl (C=O) groups is 2. The molecule has 0 radical (unpaired) electrons. The molecule has 2 rings (SSSR count). The summed E-state index contributed by atoms with van der Waals surface area (Å²) in [5.41, 5.74) is 1.59. The highest BCUT2D eigenvalue weighted by Gasteiger charge is 2.05. The molecule has 124 valence electrons. The number of hydrogen-bond acceptors (Lipinski definition) is 3. The van der Waals surface area contributed by atoms with Crippen LogP contribution in [-0.2, 0) is 18.3 Å². The molecule has 0 aliphatic rings. The van der Waals surface area contributed by atoms with Gasteiger partial charge < -0.3 is 19.9 Å². The molecule has 0 atom stereocenters. The summed E-state index contributed by atoms with van der Waals surface area (Å²) in [7, 11) is 6.68. The molecular weight excluding hydrogens is 294 g/mol. The number of rotatable bonds is 4. The molecule has 0 fully saturated rings. The summed E-state index contributed by atoms with van der Waals surface area (Å²) < 4.78 is 6.89. The van der Waals surface area contributed by atoms with Crippen LogP contribution < -0.4 is 15.4 Å². The predicted octanol–water partition coefficient (Wildman–Crippen LogP) is 1.37. The summed E-state index contributed by atoms with van der Waals surface area (Å²) >= 11 is 0. The summed E-state index contributed by atoms with van der Waals surface area (Å²) in [4.78, 5) is 22.0. The Bertz CT molecular complexity index is 650. The number of benzene rings is 1. The molecule has 0 spiro atoms. The van der Waals surface area contributed by atoms with Gasteiger partial charge in [0, 0.05) is 32.9 Å². The van der Waals surface area contributed by atoms with E-state index in [9.17, 15) is 9.59 Å². The standard InChI is InChI=1S/C10H13NO2.C7H10N2O/c1-11-10(12)7-8-5-3-4-6-9(8)13-2;1-8-7(10)6-4-3-5-9(6)2/h3-6H,7H2,1-2H3,(H,11,12);3-5H,1-2H3,(H,8,10). The predicted molar refractivity (Wildman–Crippen MR) is 89.6 cm³/mol. The maximum Gasteiger partial charge on any atom is 0.267 e. The van der Waals surface area contributed by atoms with Crippen molar-refractivity contribution in [2.24, 2.45) is 7.05 Å². The number of carbonyl (C=O) groups excluding carboxylic acids is 2. The maximum atomic E-state index is 11.1. The lowest BCUT2D eigenvalue weighted by molar-refractivity contribution is -0.119. The quantitative estimate of drug-likeness (QED) is 0.894. The van der Waals surface area contributed by atoms with E-state index < -0.39 is 0 Å². The van der Waals surface area contributed by atoms with Gasteiger partial charge in [-0.15, -0.1) is 0 Å². The van der Waals surface area contributed by atoms with Gasteiger partial charge in [0.25, 0.3) is 5.91 Å². The average Bonchev–Trinajstić information content (AvgIpc) is 3.01. The van der Waals surface area contributed by atoms with Crippen molar-refractivity contribution in [3.63, 3.8) is 0 Å². The van der Waals surface area contributed by atoms with Crippen LogP contribution in [0.4, 0.5) is 0 Å². The SMILES string of the molecule is CNC(=O)Cc1ccccc1OC.CNC(=O)c1cccn1C. The zero-order valence-corrected chi connectivity index (χ0v) is 13.9. The zero-order valence-electron chi connectivity index (χ0n) is 13.9. The molecule has 23 heavy (non-hydrogen) atoms. The zero-order chi connectivity index (χ0) is 17.2. The molecule has 0 aliphatic heterocycles. The van der Waals surface area contributed by atoms with Gasteiger partial charge in [0.2, 0.25) is 5.91 Å². The van der Waals surface area contributed by atoms with Gasteiger partial charge >= 0.3 is 0 Å². The number of aryl methyl sites for hydroxylation is 1. The Kier molecular flexibility index (Phi) is 7.39. The summed E-state index contributed by atoms with van der Waals surface area (Å²) in [5.74, 6) is 0.697. The molecule has 1 aromatic heterocycles. The van der Waals surface area contributed by atoms with Gasteiger partial charge in [-0.3, -0.25) is 9.59 Å². The molecule has 0 unspecified atom stereocenters. The molecule has 0 saturated carbocycles. The lowest BCUT2D eigenvalue weighted by atomic mass is 10.1. The first kappa shape index (κ1) is 18.3. The molecule has 6 nitrogen and oxygen atoms in total. The lowest BCUT2D eigenvalue weighted by Gasteiger charge is -2.06. The molecule has 0 aliphatic carbocycles. The van der Waals surface area contributed by atoms with Crippen LogP contribution in [0.2, 0.25) is 0 Å². The number of hydrogen-bond donors (Lipinski definition) is 2. The molecule has 0 bridgehead atoms. The third-order valence-electron chi connectivity index (χ3n) is 3.23. The third kappa shape index (κ3) is 5.50. The van der Waals surface area contributed by atoms with Crippen molar-refractivity contribution >= 4 is 11.8 Å². The fourth-order valence-corrected chi connectivity index (χ4v) is 1.94. The number of nitrogens with one attached hydrogen (secondary N) is 2. The van der Waals surface area contributed by atoms with Crippen molar-refractivity contribution in [1.29, 1.82) is 0 Å². The van der Waals surface area contributed by atoms with Gasteiger partial charge in [-0.2, -0.15) is 0 Å². The van der Waals surface area contributed by atoms with Crippen molar-refractivity contribution < 1.29 is 14.3 Å². The number of aromatic nitrogens is 1. The van der Waals surface area contributed by atoms with E-state index >= 15 is 0 Å². The Morgan fingerprint density at radius 3 is 2.30 bits per heavy atom. The Morgan fingerprint density at radius 2 is 1.78 bits per heavy atom. The third-order valence-corrected chi connectivity index (χ3v) is 3.23. The summed E-state index contributed by atoms with van der Waals surface area (Å²) in [5, 5.41) is 5.12. The molecule has 2 N–H and O–H groups in total. The van der Waals surface area contributed by atoms with Crippen molar-refractivity contribution in [2.75, 3.05) is 21.2 Å². The van der Waals surface area contributed by atoms with Crippen LogP contribution in [-0.4, -0.2) is 37.6 Å². The average molecular weight is 317 g/mol. The van der Waals surface area contributed by atoms with Crippen LogP contribution >= 0.6 is 0 Å². The fourth-order valence-electron chi connectivity index (χ4n) is 1.94. The number of amides is 2. The Balaban J connectivity index is 0.000000238. The largest absolute Gasteiger partial charge is 0.496 e. The van der Waals surface area contributed by atoms with Crippen LogP contribution in [0, 0.1) is 0 Å². The van der Waals surface area contributed by atoms with Gasteiger partial charge in [0.05, 0.1) is 13.5 Å². The molecule has 0 saturated heterocycles. The van der Waals surface area contributed by atoms with Gasteiger partial charge in [0.15, 0.2) is 0 Å². The topological polar surface area (TPSA) is 72.4 Å². The smallest absolute Gasteiger partial charge is 0.267 e. The minimum absolute atomic E-state index is 0.00972. The van der Waals surface area contributed by atoms with E-state index in [1.807, 2.05) is 43.6 Å². The number of ether oxygens (including phenoxy) is 1. The van der Waals surface area contributed by atoms with Crippen LogP contribution in [0.5, 0.6) is 5.75 Å². The number of likely N-dealkylation sites (N-methyl/N-ethyl adjacent to an activating group) is 1. The van der Waals surface area contributed by atoms with Gasteiger partial charge in [-0.05, 0) is 18.2 Å². The Morgan fingerprint density at radius 1 is 1.09 bits per heavy atom. The fraction of sp³-hybridized carbons (Fsp3) is 0.294. The van der Waals surface area contributed by atoms with E-state index in [0.29, 0.717) is 12.1 Å². The highest BCUT2D eigenvalue weighted by Crippen LogP contribution is 2.17. The van der Waals surface area contributed by atoms with Crippen molar-refractivity contribution in [1.82, 2.24) is 15.2 Å². The second-order valence-electron chi connectivity index (χ2n) is 4.75. The van der Waals surface area contributed by atoms with Crippen LogP contribution in [0.15, 0.2) is 42.6 Å². The van der Waals surface area contributed by atoms with E-state index in [1.54, 1.807) is 31.8 Å². The van der Waals surface area contributed by atoms with E-state index in [2.05, 4.69) is 10.6 Å². The van der Waals surface area contributed by atoms with Gasteiger partial charge in [0.1, 0.15) is 11.4 Å². The van der Waals surface area contributed by atoms with Crippen LogP contribution in [0.1, 0.15) is 16.1 Å². The second kappa shape index (κ2) is 9.30. The molecule has 1 aromatic carbocycles. The van der Waals surface area contributed by atoms with Crippen molar-refractivity contribution in [2.45, 2.75) is 6.42 Å². The Hall–Kier alpha value is -2.76. The molecule has 2 aromatic rings. The monoisotopic (exact) mass is 317 g/mol.